The molecule has 2 rings (SSSR count). The molecule has 2 saturated heterocycles. The quantitative estimate of drug-likeness (QED) is 0.236. The molecule has 27 heavy (non-hydrogen) atoms. The van der Waals surface area contributed by atoms with Crippen molar-refractivity contribution < 1.29 is 27.8 Å². The minimum Gasteiger partial charge on any atom is -0.389 e. The van der Waals surface area contributed by atoms with Gasteiger partial charge in [-0.05, 0) is 66.5 Å². The van der Waals surface area contributed by atoms with Crippen molar-refractivity contribution >= 4 is 8.56 Å². The molecule has 0 aliphatic carbocycles. The van der Waals surface area contributed by atoms with Gasteiger partial charge in [0.25, 0.3) is 0 Å². The molecule has 0 aromatic heterocycles. The predicted octanol–water partition coefficient (Wildman–Crippen LogP) is 3.67. The molecule has 0 aromatic rings. The minimum absolute atomic E-state index is 0.215. The molecular weight excluding hydrogens is 364 g/mol. The van der Waals surface area contributed by atoms with Gasteiger partial charge < -0.3 is 27.8 Å². The zero-order valence-electron chi connectivity index (χ0n) is 18.2. The van der Waals surface area contributed by atoms with Gasteiger partial charge in [0.05, 0.1) is 37.6 Å². The lowest BCUT2D eigenvalue weighted by atomic mass is 10.0. The largest absolute Gasteiger partial charge is 0.389 e. The van der Waals surface area contributed by atoms with Crippen LogP contribution in [0, 0.1) is 0 Å². The molecule has 0 N–H and O–H groups in total. The van der Waals surface area contributed by atoms with Crippen LogP contribution in [0.1, 0.15) is 53.9 Å². The molecule has 3 unspecified atom stereocenters. The van der Waals surface area contributed by atoms with Crippen molar-refractivity contribution in [2.24, 2.45) is 0 Å². The average Bonchev–Trinajstić information content (AvgIpc) is 3.38. The van der Waals surface area contributed by atoms with Crippen LogP contribution in [0.5, 0.6) is 0 Å². The molecule has 0 bridgehead atoms. The zero-order valence-corrected chi connectivity index (χ0v) is 19.2. The fraction of sp³-hybridized carbons (Fsp3) is 1.00. The van der Waals surface area contributed by atoms with Crippen molar-refractivity contribution in [2.45, 2.75) is 89.9 Å². The van der Waals surface area contributed by atoms with Gasteiger partial charge in [0.2, 0.25) is 0 Å². The maximum atomic E-state index is 6.64. The minimum atomic E-state index is -2.33. The second kappa shape index (κ2) is 10.1. The van der Waals surface area contributed by atoms with Crippen LogP contribution in [-0.2, 0) is 27.8 Å². The van der Waals surface area contributed by atoms with Crippen LogP contribution in [0.3, 0.4) is 0 Å². The fourth-order valence-electron chi connectivity index (χ4n) is 3.26. The summed E-state index contributed by atoms with van der Waals surface area (Å²) in [6.07, 6.45) is 3.53. The van der Waals surface area contributed by atoms with Gasteiger partial charge in [-0.3, -0.25) is 0 Å². The van der Waals surface area contributed by atoms with Crippen molar-refractivity contribution in [3.8, 4) is 0 Å². The van der Waals surface area contributed by atoms with E-state index < -0.39 is 8.56 Å². The van der Waals surface area contributed by atoms with Crippen molar-refractivity contribution in [1.82, 2.24) is 0 Å². The number of ether oxygens (including phenoxy) is 4. The Morgan fingerprint density at radius 1 is 0.852 bits per heavy atom. The van der Waals surface area contributed by atoms with Crippen LogP contribution < -0.4 is 0 Å². The smallest absolute Gasteiger partial charge is 0.335 e. The third kappa shape index (κ3) is 11.5. The SMILES string of the molecule is CC(C)(C)O[Si](C)(CCCOCC1CO1)OC(C)(C)CCCOCC1CO1. The van der Waals surface area contributed by atoms with Crippen molar-refractivity contribution in [3.63, 3.8) is 0 Å². The van der Waals surface area contributed by atoms with Crippen LogP contribution in [0.25, 0.3) is 0 Å². The Morgan fingerprint density at radius 2 is 1.37 bits per heavy atom. The van der Waals surface area contributed by atoms with E-state index in [0.29, 0.717) is 25.4 Å². The van der Waals surface area contributed by atoms with Crippen molar-refractivity contribution in [1.29, 1.82) is 0 Å². The maximum absolute atomic E-state index is 6.64. The molecule has 6 nitrogen and oxygen atoms in total. The summed E-state index contributed by atoms with van der Waals surface area (Å²) in [4.78, 5) is 0. The van der Waals surface area contributed by atoms with E-state index in [1.54, 1.807) is 0 Å². The molecule has 7 heteroatoms. The monoisotopic (exact) mass is 404 g/mol. The van der Waals surface area contributed by atoms with E-state index in [0.717, 1.165) is 51.7 Å². The molecule has 0 spiro atoms. The molecule has 2 heterocycles. The Labute approximate surface area is 166 Å². The number of hydrogen-bond acceptors (Lipinski definition) is 6. The van der Waals surface area contributed by atoms with Crippen LogP contribution in [0.15, 0.2) is 0 Å². The van der Waals surface area contributed by atoms with E-state index in [-0.39, 0.29) is 11.2 Å². The lowest BCUT2D eigenvalue weighted by Crippen LogP contribution is -2.50. The topological polar surface area (TPSA) is 62.0 Å². The number of rotatable bonds is 15. The predicted molar refractivity (Wildman–Crippen MR) is 107 cm³/mol. The van der Waals surface area contributed by atoms with E-state index in [2.05, 4.69) is 41.2 Å². The van der Waals surface area contributed by atoms with Crippen LogP contribution in [-0.4, -0.2) is 71.6 Å². The van der Waals surface area contributed by atoms with Crippen LogP contribution >= 0.6 is 0 Å². The zero-order chi connectivity index (χ0) is 20.0. The van der Waals surface area contributed by atoms with Gasteiger partial charge in [-0.15, -0.1) is 0 Å². The Morgan fingerprint density at radius 3 is 1.85 bits per heavy atom. The number of hydrogen-bond donors (Lipinski definition) is 0. The van der Waals surface area contributed by atoms with Crippen LogP contribution in [0.2, 0.25) is 12.6 Å². The normalized spacial score (nSPS) is 24.7. The molecular formula is C20H40O6Si. The first-order valence-corrected chi connectivity index (χ1v) is 12.9. The Hall–Kier alpha value is -0.0231. The first-order chi connectivity index (χ1) is 12.6. The third-order valence-corrected chi connectivity index (χ3v) is 7.70. The lowest BCUT2D eigenvalue weighted by molar-refractivity contribution is -0.00179. The molecule has 160 valence electrons. The Bertz CT molecular complexity index is 431. The first-order valence-electron chi connectivity index (χ1n) is 10.4. The summed E-state index contributed by atoms with van der Waals surface area (Å²) in [5.74, 6) is 0. The molecule has 0 radical (unpaired) electrons. The van der Waals surface area contributed by atoms with E-state index in [4.69, 9.17) is 27.8 Å². The van der Waals surface area contributed by atoms with Gasteiger partial charge in [0.1, 0.15) is 12.2 Å². The number of epoxide rings is 2. The van der Waals surface area contributed by atoms with Gasteiger partial charge in [-0.2, -0.15) is 0 Å². The van der Waals surface area contributed by atoms with Gasteiger partial charge in [-0.1, -0.05) is 0 Å². The molecule has 0 amide bonds. The van der Waals surface area contributed by atoms with E-state index >= 15 is 0 Å². The molecule has 3 atom stereocenters. The molecule has 2 fully saturated rings. The Balaban J connectivity index is 1.72. The summed E-state index contributed by atoms with van der Waals surface area (Å²) in [6, 6.07) is 0.925. The summed E-state index contributed by atoms with van der Waals surface area (Å²) < 4.78 is 34.8. The van der Waals surface area contributed by atoms with Gasteiger partial charge in [0, 0.05) is 13.2 Å². The Kier molecular flexibility index (Phi) is 8.73. The van der Waals surface area contributed by atoms with Gasteiger partial charge in [-0.25, -0.2) is 0 Å². The summed E-state index contributed by atoms with van der Waals surface area (Å²) in [5.41, 5.74) is -0.443. The van der Waals surface area contributed by atoms with E-state index in [9.17, 15) is 0 Å². The van der Waals surface area contributed by atoms with Crippen molar-refractivity contribution in [2.75, 3.05) is 39.6 Å². The van der Waals surface area contributed by atoms with Crippen LogP contribution in [0.4, 0.5) is 0 Å². The lowest BCUT2D eigenvalue weighted by Gasteiger charge is -2.40. The fourth-order valence-corrected chi connectivity index (χ4v) is 6.86. The molecule has 2 aliphatic heterocycles. The highest BCUT2D eigenvalue weighted by Gasteiger charge is 2.40. The average molecular weight is 405 g/mol. The summed E-state index contributed by atoms with van der Waals surface area (Å²) in [7, 11) is -2.33. The van der Waals surface area contributed by atoms with E-state index in [1.165, 1.54) is 0 Å². The maximum Gasteiger partial charge on any atom is 0.335 e. The second-order valence-electron chi connectivity index (χ2n) is 9.48. The molecule has 2 aliphatic rings. The molecule has 0 aromatic carbocycles. The first kappa shape index (κ1) is 23.3. The summed E-state index contributed by atoms with van der Waals surface area (Å²) in [5, 5.41) is 0. The van der Waals surface area contributed by atoms with E-state index in [1.807, 2.05) is 0 Å². The summed E-state index contributed by atoms with van der Waals surface area (Å²) >= 11 is 0. The standard InChI is InChI=1S/C20H40O6Si/c1-19(2,3)25-27(6,12-8-11-22-14-18-16-24-18)26-20(4,5)9-7-10-21-13-17-15-23-17/h17-18H,7-16H2,1-6H3. The highest BCUT2D eigenvalue weighted by molar-refractivity contribution is 6.66. The second-order valence-corrected chi connectivity index (χ2v) is 12.7. The molecule has 0 saturated carbocycles. The third-order valence-electron chi connectivity index (χ3n) is 4.41. The highest BCUT2D eigenvalue weighted by atomic mass is 28.4. The highest BCUT2D eigenvalue weighted by Crippen LogP contribution is 2.30. The van der Waals surface area contributed by atoms with Crippen molar-refractivity contribution in [3.05, 3.63) is 0 Å². The van der Waals surface area contributed by atoms with Gasteiger partial charge >= 0.3 is 8.56 Å². The van der Waals surface area contributed by atoms with Gasteiger partial charge in [0.15, 0.2) is 0 Å². The summed E-state index contributed by atoms with van der Waals surface area (Å²) in [6.45, 7) is 17.4.